The first-order chi connectivity index (χ1) is 9.84. The number of hydrazone groups is 1. The van der Waals surface area contributed by atoms with Crippen LogP contribution >= 0.6 is 0 Å². The lowest BCUT2D eigenvalue weighted by Crippen LogP contribution is -2.20. The molecule has 0 aliphatic heterocycles. The van der Waals surface area contributed by atoms with Crippen molar-refractivity contribution in [2.45, 2.75) is 12.3 Å². The van der Waals surface area contributed by atoms with Crippen LogP contribution in [0.25, 0.3) is 0 Å². The Morgan fingerprint density at radius 1 is 1.25 bits per heavy atom. The van der Waals surface area contributed by atoms with E-state index in [9.17, 15) is 4.79 Å². The smallest absolute Gasteiger partial charge is 0.243 e. The lowest BCUT2D eigenvalue weighted by Gasteiger charge is -1.99. The van der Waals surface area contributed by atoms with Crippen molar-refractivity contribution in [1.29, 1.82) is 0 Å². The van der Waals surface area contributed by atoms with E-state index in [1.165, 1.54) is 5.56 Å². The predicted octanol–water partition coefficient (Wildman–Crippen LogP) is 2.34. The number of aromatic nitrogens is 1. The minimum absolute atomic E-state index is 0.0148. The molecule has 1 aliphatic rings. The van der Waals surface area contributed by atoms with Gasteiger partial charge in [-0.3, -0.25) is 9.78 Å². The third kappa shape index (κ3) is 2.91. The van der Waals surface area contributed by atoms with Crippen LogP contribution in [0.4, 0.5) is 0 Å². The Morgan fingerprint density at radius 3 is 2.85 bits per heavy atom. The highest BCUT2D eigenvalue weighted by molar-refractivity contribution is 5.85. The monoisotopic (exact) mass is 265 g/mol. The minimum Gasteiger partial charge on any atom is -0.273 e. The average Bonchev–Trinajstić information content (AvgIpc) is 3.30. The number of benzene rings is 1. The number of nitrogens with zero attached hydrogens (tertiary/aromatic N) is 2. The summed E-state index contributed by atoms with van der Waals surface area (Å²) in [5.74, 6) is 0.368. The lowest BCUT2D eigenvalue weighted by molar-refractivity contribution is -0.122. The molecule has 20 heavy (non-hydrogen) atoms. The van der Waals surface area contributed by atoms with Gasteiger partial charge in [0, 0.05) is 23.9 Å². The number of nitrogens with one attached hydrogen (secondary N) is 1. The molecule has 0 radical (unpaired) electrons. The van der Waals surface area contributed by atoms with Gasteiger partial charge in [-0.25, -0.2) is 5.43 Å². The highest BCUT2D eigenvalue weighted by Gasteiger charge is 2.43. The second-order valence-electron chi connectivity index (χ2n) is 4.88. The molecular weight excluding hydrogens is 250 g/mol. The fourth-order valence-electron chi connectivity index (χ4n) is 2.26. The number of rotatable bonds is 4. The van der Waals surface area contributed by atoms with Crippen molar-refractivity contribution >= 4 is 12.1 Å². The third-order valence-corrected chi connectivity index (χ3v) is 3.43. The number of hydrogen-bond donors (Lipinski definition) is 1. The topological polar surface area (TPSA) is 54.4 Å². The summed E-state index contributed by atoms with van der Waals surface area (Å²) in [4.78, 5) is 15.9. The Bertz CT molecular complexity index is 610. The molecule has 4 nitrogen and oxygen atoms in total. The zero-order chi connectivity index (χ0) is 13.8. The molecule has 1 amide bonds. The first kappa shape index (κ1) is 12.5. The summed E-state index contributed by atoms with van der Waals surface area (Å²) >= 11 is 0. The van der Waals surface area contributed by atoms with E-state index in [0.29, 0.717) is 5.92 Å². The SMILES string of the molecule is O=C(N/N=C/c1cccnc1)C1CC1c1ccccc1. The molecule has 0 saturated heterocycles. The van der Waals surface area contributed by atoms with Crippen LogP contribution in [0.15, 0.2) is 60.0 Å². The van der Waals surface area contributed by atoms with E-state index in [1.54, 1.807) is 18.6 Å². The first-order valence-corrected chi connectivity index (χ1v) is 6.62. The number of pyridine rings is 1. The highest BCUT2D eigenvalue weighted by Crippen LogP contribution is 2.47. The van der Waals surface area contributed by atoms with Crippen LogP contribution in [-0.4, -0.2) is 17.1 Å². The lowest BCUT2D eigenvalue weighted by atomic mass is 10.1. The molecule has 1 heterocycles. The molecule has 100 valence electrons. The van der Waals surface area contributed by atoms with Crippen molar-refractivity contribution in [3.8, 4) is 0 Å². The molecule has 3 rings (SSSR count). The van der Waals surface area contributed by atoms with Crippen LogP contribution in [0.3, 0.4) is 0 Å². The van der Waals surface area contributed by atoms with Gasteiger partial charge in [0.05, 0.1) is 6.21 Å². The van der Waals surface area contributed by atoms with Crippen molar-refractivity contribution in [1.82, 2.24) is 10.4 Å². The van der Waals surface area contributed by atoms with Gasteiger partial charge < -0.3 is 0 Å². The van der Waals surface area contributed by atoms with Crippen LogP contribution in [0, 0.1) is 5.92 Å². The van der Waals surface area contributed by atoms with E-state index >= 15 is 0 Å². The van der Waals surface area contributed by atoms with Gasteiger partial charge in [-0.15, -0.1) is 0 Å². The molecule has 1 saturated carbocycles. The normalized spacial score (nSPS) is 20.8. The molecule has 2 atom stereocenters. The minimum atomic E-state index is -0.0148. The molecule has 1 fully saturated rings. The second kappa shape index (κ2) is 5.65. The first-order valence-electron chi connectivity index (χ1n) is 6.62. The van der Waals surface area contributed by atoms with Gasteiger partial charge in [0.15, 0.2) is 0 Å². The van der Waals surface area contributed by atoms with Crippen molar-refractivity contribution in [2.75, 3.05) is 0 Å². The zero-order valence-corrected chi connectivity index (χ0v) is 10.9. The summed E-state index contributed by atoms with van der Waals surface area (Å²) < 4.78 is 0. The van der Waals surface area contributed by atoms with Gasteiger partial charge >= 0.3 is 0 Å². The van der Waals surface area contributed by atoms with Gasteiger partial charge in [0.1, 0.15) is 0 Å². The summed E-state index contributed by atoms with van der Waals surface area (Å²) in [6, 6.07) is 13.8. The Morgan fingerprint density at radius 2 is 2.10 bits per heavy atom. The maximum atomic E-state index is 11.9. The van der Waals surface area contributed by atoms with E-state index < -0.39 is 0 Å². The quantitative estimate of drug-likeness (QED) is 0.681. The molecule has 1 aliphatic carbocycles. The van der Waals surface area contributed by atoms with Gasteiger partial charge in [0.25, 0.3) is 0 Å². The molecule has 2 aromatic rings. The Kier molecular flexibility index (Phi) is 3.54. The summed E-state index contributed by atoms with van der Waals surface area (Å²) in [7, 11) is 0. The number of amides is 1. The van der Waals surface area contributed by atoms with Crippen LogP contribution in [-0.2, 0) is 4.79 Å². The maximum Gasteiger partial charge on any atom is 0.243 e. The number of carbonyl (C=O) groups excluding carboxylic acids is 1. The molecular formula is C16H15N3O. The summed E-state index contributed by atoms with van der Waals surface area (Å²) in [6.07, 6.45) is 5.90. The molecule has 1 N–H and O–H groups in total. The highest BCUT2D eigenvalue weighted by atomic mass is 16.2. The van der Waals surface area contributed by atoms with E-state index in [2.05, 4.69) is 27.6 Å². The predicted molar refractivity (Wildman–Crippen MR) is 77.3 cm³/mol. The Balaban J connectivity index is 1.53. The molecule has 0 bridgehead atoms. The standard InChI is InChI=1S/C16H15N3O/c20-16(19-18-11-12-5-4-8-17-10-12)15-9-14(15)13-6-2-1-3-7-13/h1-8,10-11,14-15H,9H2,(H,19,20)/b18-11+. The van der Waals surface area contributed by atoms with E-state index in [4.69, 9.17) is 0 Å². The van der Waals surface area contributed by atoms with Crippen LogP contribution in [0.5, 0.6) is 0 Å². The maximum absolute atomic E-state index is 11.9. The van der Waals surface area contributed by atoms with Crippen molar-refractivity contribution < 1.29 is 4.79 Å². The van der Waals surface area contributed by atoms with Crippen molar-refractivity contribution in [2.24, 2.45) is 11.0 Å². The number of hydrogen-bond acceptors (Lipinski definition) is 3. The average molecular weight is 265 g/mol. The van der Waals surface area contributed by atoms with E-state index in [-0.39, 0.29) is 11.8 Å². The zero-order valence-electron chi connectivity index (χ0n) is 10.9. The molecule has 2 unspecified atom stereocenters. The number of carbonyl (C=O) groups is 1. The van der Waals surface area contributed by atoms with Crippen molar-refractivity contribution in [3.05, 3.63) is 66.0 Å². The Hall–Kier alpha value is -2.49. The summed E-state index contributed by atoms with van der Waals surface area (Å²) in [5.41, 5.74) is 4.69. The third-order valence-electron chi connectivity index (χ3n) is 3.43. The van der Waals surface area contributed by atoms with Crippen LogP contribution in [0.2, 0.25) is 0 Å². The van der Waals surface area contributed by atoms with Gasteiger partial charge in [-0.2, -0.15) is 5.10 Å². The molecule has 1 aromatic carbocycles. The fourth-order valence-corrected chi connectivity index (χ4v) is 2.26. The second-order valence-corrected chi connectivity index (χ2v) is 4.88. The Labute approximate surface area is 117 Å². The fraction of sp³-hybridized carbons (Fsp3) is 0.188. The van der Waals surface area contributed by atoms with Gasteiger partial charge in [-0.05, 0) is 24.0 Å². The molecule has 1 aromatic heterocycles. The van der Waals surface area contributed by atoms with Crippen LogP contribution in [0.1, 0.15) is 23.5 Å². The van der Waals surface area contributed by atoms with Crippen LogP contribution < -0.4 is 5.43 Å². The summed E-state index contributed by atoms with van der Waals surface area (Å²) in [6.45, 7) is 0. The van der Waals surface area contributed by atoms with E-state index in [0.717, 1.165) is 12.0 Å². The van der Waals surface area contributed by atoms with Gasteiger partial charge in [-0.1, -0.05) is 36.4 Å². The van der Waals surface area contributed by atoms with Crippen molar-refractivity contribution in [3.63, 3.8) is 0 Å². The van der Waals surface area contributed by atoms with E-state index in [1.807, 2.05) is 30.3 Å². The molecule has 4 heteroatoms. The summed E-state index contributed by atoms with van der Waals surface area (Å²) in [5, 5.41) is 3.97. The largest absolute Gasteiger partial charge is 0.273 e. The molecule has 0 spiro atoms. The van der Waals surface area contributed by atoms with Gasteiger partial charge in [0.2, 0.25) is 5.91 Å².